The Morgan fingerprint density at radius 1 is 1.12 bits per heavy atom. The number of nitrogens with zero attached hydrogens (tertiary/aromatic N) is 2. The first-order chi connectivity index (χ1) is 11.8. The lowest BCUT2D eigenvalue weighted by Crippen LogP contribution is -2.55. The molecule has 0 spiro atoms. The first kappa shape index (κ1) is 18.0. The summed E-state index contributed by atoms with van der Waals surface area (Å²) in [6, 6.07) is 3.38. The van der Waals surface area contributed by atoms with Gasteiger partial charge in [0.25, 0.3) is 11.8 Å². The normalized spacial score (nSPS) is 21.0. The highest BCUT2D eigenvalue weighted by Gasteiger charge is 2.37. The molecule has 2 amide bonds. The quantitative estimate of drug-likeness (QED) is 0.731. The van der Waals surface area contributed by atoms with Crippen LogP contribution in [0.15, 0.2) is 23.1 Å². The number of imide groups is 1. The Labute approximate surface area is 145 Å². The molecule has 3 rings (SSSR count). The molecule has 0 aliphatic carbocycles. The van der Waals surface area contributed by atoms with Crippen molar-refractivity contribution in [2.75, 3.05) is 26.3 Å². The lowest BCUT2D eigenvalue weighted by atomic mass is 10.0. The second-order valence-electron chi connectivity index (χ2n) is 6.20. The third-order valence-electron chi connectivity index (χ3n) is 4.54. The van der Waals surface area contributed by atoms with Crippen LogP contribution < -0.4 is 0 Å². The highest BCUT2D eigenvalue weighted by molar-refractivity contribution is 7.89. The number of morpholine rings is 1. The minimum absolute atomic E-state index is 0.0448. The molecule has 0 saturated carbocycles. The molecular weight excluding hydrogens is 351 g/mol. The van der Waals surface area contributed by atoms with Gasteiger partial charge in [-0.1, -0.05) is 0 Å². The molecule has 136 valence electrons. The average Bonchev–Trinajstić information content (AvgIpc) is 2.57. The number of halogens is 1. The maximum atomic E-state index is 13.4. The predicted molar refractivity (Wildman–Crippen MR) is 85.6 cm³/mol. The van der Waals surface area contributed by atoms with Crippen LogP contribution in [0, 0.1) is 12.7 Å². The van der Waals surface area contributed by atoms with Gasteiger partial charge in [-0.15, -0.1) is 0 Å². The molecule has 0 aromatic heterocycles. The van der Waals surface area contributed by atoms with Crippen molar-refractivity contribution >= 4 is 21.8 Å². The van der Waals surface area contributed by atoms with Crippen molar-refractivity contribution in [1.82, 2.24) is 9.21 Å². The summed E-state index contributed by atoms with van der Waals surface area (Å²) in [5.41, 5.74) is 0.264. The van der Waals surface area contributed by atoms with Crippen molar-refractivity contribution in [3.05, 3.63) is 29.6 Å². The van der Waals surface area contributed by atoms with Crippen LogP contribution in [0.3, 0.4) is 0 Å². The third-order valence-corrected chi connectivity index (χ3v) is 6.44. The van der Waals surface area contributed by atoms with Gasteiger partial charge in [0.05, 0.1) is 4.90 Å². The molecule has 25 heavy (non-hydrogen) atoms. The van der Waals surface area contributed by atoms with Gasteiger partial charge in [-0.2, -0.15) is 4.31 Å². The van der Waals surface area contributed by atoms with E-state index in [2.05, 4.69) is 0 Å². The molecule has 0 bridgehead atoms. The Balaban J connectivity index is 1.72. The topological polar surface area (TPSA) is 84.0 Å². The zero-order valence-corrected chi connectivity index (χ0v) is 14.6. The lowest BCUT2D eigenvalue weighted by Gasteiger charge is -2.38. The van der Waals surface area contributed by atoms with Crippen LogP contribution in [0.1, 0.15) is 18.4 Å². The summed E-state index contributed by atoms with van der Waals surface area (Å²) >= 11 is 0. The fraction of sp³-hybridized carbons (Fsp3) is 0.500. The van der Waals surface area contributed by atoms with Crippen molar-refractivity contribution in [2.45, 2.75) is 30.7 Å². The van der Waals surface area contributed by atoms with Crippen LogP contribution >= 0.6 is 0 Å². The highest BCUT2D eigenvalue weighted by Crippen LogP contribution is 2.25. The van der Waals surface area contributed by atoms with Crippen LogP contribution in [-0.2, 0) is 24.3 Å². The third kappa shape index (κ3) is 3.44. The van der Waals surface area contributed by atoms with E-state index in [-0.39, 0.29) is 54.6 Å². The van der Waals surface area contributed by atoms with E-state index < -0.39 is 15.8 Å². The van der Waals surface area contributed by atoms with Crippen LogP contribution in [0.4, 0.5) is 4.39 Å². The number of carbonyl (C=O) groups is 2. The zero-order chi connectivity index (χ0) is 18.2. The summed E-state index contributed by atoms with van der Waals surface area (Å²) in [6.07, 6.45) is 0.744. The molecule has 0 radical (unpaired) electrons. The van der Waals surface area contributed by atoms with Crippen molar-refractivity contribution in [3.63, 3.8) is 0 Å². The number of aryl methyl sites for hydroxylation is 1. The predicted octanol–water partition coefficient (Wildman–Crippen LogP) is 0.673. The number of hydrogen-bond acceptors (Lipinski definition) is 5. The molecule has 2 fully saturated rings. The number of hydrogen-bond donors (Lipinski definition) is 0. The molecule has 0 atom stereocenters. The number of piperidine rings is 1. The smallest absolute Gasteiger partial charge is 0.255 e. The molecule has 2 saturated heterocycles. The van der Waals surface area contributed by atoms with Crippen LogP contribution in [0.5, 0.6) is 0 Å². The SMILES string of the molecule is Cc1cc(S(=O)(=O)N2CCC(N3C(=O)COCC3=O)CC2)ccc1F. The number of ether oxygens (including phenoxy) is 1. The zero-order valence-electron chi connectivity index (χ0n) is 13.8. The number of sulfonamides is 1. The highest BCUT2D eigenvalue weighted by atomic mass is 32.2. The van der Waals surface area contributed by atoms with E-state index in [0.29, 0.717) is 12.8 Å². The minimum Gasteiger partial charge on any atom is -0.362 e. The Kier molecular flexibility index (Phi) is 4.90. The minimum atomic E-state index is -3.73. The summed E-state index contributed by atoms with van der Waals surface area (Å²) in [5.74, 6) is -1.22. The summed E-state index contributed by atoms with van der Waals surface area (Å²) in [4.78, 5) is 25.0. The summed E-state index contributed by atoms with van der Waals surface area (Å²) in [7, 11) is -3.73. The van der Waals surface area contributed by atoms with E-state index in [0.717, 1.165) is 6.07 Å². The first-order valence-corrected chi connectivity index (χ1v) is 9.43. The van der Waals surface area contributed by atoms with Crippen LogP contribution in [-0.4, -0.2) is 61.8 Å². The molecule has 7 nitrogen and oxygen atoms in total. The van der Waals surface area contributed by atoms with Crippen molar-refractivity contribution in [3.8, 4) is 0 Å². The van der Waals surface area contributed by atoms with Crippen molar-refractivity contribution in [2.24, 2.45) is 0 Å². The van der Waals surface area contributed by atoms with Gasteiger partial charge in [0.2, 0.25) is 10.0 Å². The number of carbonyl (C=O) groups excluding carboxylic acids is 2. The van der Waals surface area contributed by atoms with E-state index in [1.165, 1.54) is 28.3 Å². The van der Waals surface area contributed by atoms with Crippen LogP contribution in [0.2, 0.25) is 0 Å². The van der Waals surface area contributed by atoms with E-state index in [4.69, 9.17) is 4.74 Å². The van der Waals surface area contributed by atoms with Crippen LogP contribution in [0.25, 0.3) is 0 Å². The molecule has 1 aromatic carbocycles. The molecular formula is C16H19FN2O5S. The lowest BCUT2D eigenvalue weighted by molar-refractivity contribution is -0.162. The van der Waals surface area contributed by atoms with Gasteiger partial charge < -0.3 is 4.74 Å². The Hall–Kier alpha value is -1.84. The molecule has 2 aliphatic heterocycles. The number of amides is 2. The van der Waals surface area contributed by atoms with E-state index >= 15 is 0 Å². The van der Waals surface area contributed by atoms with Crippen molar-refractivity contribution in [1.29, 1.82) is 0 Å². The van der Waals surface area contributed by atoms with Gasteiger partial charge in [-0.3, -0.25) is 14.5 Å². The average molecular weight is 370 g/mol. The summed E-state index contributed by atoms with van der Waals surface area (Å²) < 4.78 is 45.0. The maximum Gasteiger partial charge on any atom is 0.255 e. The molecule has 2 aliphatic rings. The van der Waals surface area contributed by atoms with E-state index in [1.54, 1.807) is 0 Å². The fourth-order valence-electron chi connectivity index (χ4n) is 3.18. The molecule has 1 aromatic rings. The van der Waals surface area contributed by atoms with Gasteiger partial charge in [0, 0.05) is 19.1 Å². The van der Waals surface area contributed by atoms with Gasteiger partial charge in [-0.25, -0.2) is 12.8 Å². The Bertz CT molecular complexity index is 787. The molecule has 0 unspecified atom stereocenters. The second-order valence-corrected chi connectivity index (χ2v) is 8.13. The van der Waals surface area contributed by atoms with Gasteiger partial charge in [0.15, 0.2) is 0 Å². The molecule has 9 heteroatoms. The largest absolute Gasteiger partial charge is 0.362 e. The molecule has 2 heterocycles. The first-order valence-electron chi connectivity index (χ1n) is 7.99. The Morgan fingerprint density at radius 2 is 1.72 bits per heavy atom. The van der Waals surface area contributed by atoms with Crippen molar-refractivity contribution < 1.29 is 27.1 Å². The number of benzene rings is 1. The number of rotatable bonds is 3. The summed E-state index contributed by atoms with van der Waals surface area (Å²) in [5, 5.41) is 0. The monoisotopic (exact) mass is 370 g/mol. The van der Waals surface area contributed by atoms with Gasteiger partial charge in [-0.05, 0) is 43.5 Å². The summed E-state index contributed by atoms with van der Waals surface area (Å²) in [6.45, 7) is 1.65. The fourth-order valence-corrected chi connectivity index (χ4v) is 4.73. The van der Waals surface area contributed by atoms with Gasteiger partial charge >= 0.3 is 0 Å². The Morgan fingerprint density at radius 3 is 2.28 bits per heavy atom. The second kappa shape index (κ2) is 6.81. The van der Waals surface area contributed by atoms with Gasteiger partial charge in [0.1, 0.15) is 19.0 Å². The van der Waals surface area contributed by atoms with E-state index in [1.807, 2.05) is 0 Å². The molecule has 0 N–H and O–H groups in total. The standard InChI is InChI=1S/C16H19FN2O5S/c1-11-8-13(2-3-14(11)17)25(22,23)18-6-4-12(5-7-18)19-15(20)9-24-10-16(19)21/h2-3,8,12H,4-7,9-10H2,1H3. The maximum absolute atomic E-state index is 13.4. The van der Waals surface area contributed by atoms with E-state index in [9.17, 15) is 22.4 Å².